The molecule has 0 N–H and O–H groups in total. The van der Waals surface area contributed by atoms with E-state index in [1.165, 1.54) is 25.7 Å². The van der Waals surface area contributed by atoms with Crippen LogP contribution in [0.25, 0.3) is 0 Å². The lowest BCUT2D eigenvalue weighted by Crippen LogP contribution is -2.30. The van der Waals surface area contributed by atoms with Gasteiger partial charge in [0.1, 0.15) is 0 Å². The van der Waals surface area contributed by atoms with E-state index in [4.69, 9.17) is 23.2 Å². The van der Waals surface area contributed by atoms with Crippen molar-refractivity contribution in [2.75, 3.05) is 4.90 Å². The monoisotopic (exact) mass is 244 g/mol. The van der Waals surface area contributed by atoms with Gasteiger partial charge in [0, 0.05) is 12.1 Å². The summed E-state index contributed by atoms with van der Waals surface area (Å²) in [7, 11) is 0. The van der Waals surface area contributed by atoms with E-state index in [0.717, 1.165) is 0 Å². The summed E-state index contributed by atoms with van der Waals surface area (Å²) in [6.07, 6.45) is 4.91. The fourth-order valence-corrected chi connectivity index (χ4v) is 3.03. The quantitative estimate of drug-likeness (QED) is 0.761. The maximum atomic E-state index is 5.77. The Morgan fingerprint density at radius 2 is 1.33 bits per heavy atom. The van der Waals surface area contributed by atoms with Crippen LogP contribution in [0.4, 0.5) is 5.95 Å². The first-order valence-corrected chi connectivity index (χ1v) is 5.85. The van der Waals surface area contributed by atoms with Crippen molar-refractivity contribution in [3.8, 4) is 0 Å². The first-order valence-electron chi connectivity index (χ1n) is 5.09. The highest BCUT2D eigenvalue weighted by Gasteiger charge is 2.40. The summed E-state index contributed by atoms with van der Waals surface area (Å²) >= 11 is 11.5. The van der Waals surface area contributed by atoms with E-state index in [2.05, 4.69) is 19.9 Å². The molecule has 0 unspecified atom stereocenters. The lowest BCUT2D eigenvalue weighted by molar-refractivity contribution is 0.576. The molecule has 0 amide bonds. The molecule has 0 aromatic carbocycles. The Hall–Kier alpha value is -0.610. The average molecular weight is 245 g/mol. The van der Waals surface area contributed by atoms with Crippen LogP contribution >= 0.6 is 23.2 Å². The highest BCUT2D eigenvalue weighted by molar-refractivity contribution is 6.31. The zero-order chi connectivity index (χ0) is 10.4. The van der Waals surface area contributed by atoms with Crippen molar-refractivity contribution in [3.63, 3.8) is 0 Å². The van der Waals surface area contributed by atoms with Crippen LogP contribution in [0.3, 0.4) is 0 Å². The molecular weight excluding hydrogens is 235 g/mol. The average Bonchev–Trinajstić information content (AvgIpc) is 2.74. The number of hydrogen-bond donors (Lipinski definition) is 0. The van der Waals surface area contributed by atoms with E-state index in [0.29, 0.717) is 18.0 Å². The largest absolute Gasteiger partial charge is 0.335 e. The molecule has 4 nitrogen and oxygen atoms in total. The Balaban J connectivity index is 1.99. The van der Waals surface area contributed by atoms with Gasteiger partial charge in [-0.2, -0.15) is 15.0 Å². The summed E-state index contributed by atoms with van der Waals surface area (Å²) < 4.78 is 0. The van der Waals surface area contributed by atoms with Crippen LogP contribution in [0.5, 0.6) is 0 Å². The molecule has 15 heavy (non-hydrogen) atoms. The molecule has 2 saturated heterocycles. The zero-order valence-electron chi connectivity index (χ0n) is 8.03. The van der Waals surface area contributed by atoms with Crippen LogP contribution in [-0.2, 0) is 0 Å². The van der Waals surface area contributed by atoms with E-state index in [9.17, 15) is 0 Å². The number of hydrogen-bond acceptors (Lipinski definition) is 4. The van der Waals surface area contributed by atoms with Gasteiger partial charge in [-0.05, 0) is 48.9 Å². The Bertz CT molecular complexity index is 357. The van der Waals surface area contributed by atoms with Gasteiger partial charge < -0.3 is 4.90 Å². The van der Waals surface area contributed by atoms with E-state index in [1.807, 2.05) is 0 Å². The normalized spacial score (nSPS) is 28.8. The minimum absolute atomic E-state index is 0.177. The fraction of sp³-hybridized carbons (Fsp3) is 0.667. The van der Waals surface area contributed by atoms with Crippen LogP contribution in [0, 0.1) is 0 Å². The smallest absolute Gasteiger partial charge is 0.231 e. The van der Waals surface area contributed by atoms with Gasteiger partial charge in [-0.1, -0.05) is 0 Å². The predicted octanol–water partition coefficient (Wildman–Crippen LogP) is 2.31. The van der Waals surface area contributed by atoms with Gasteiger partial charge in [-0.15, -0.1) is 0 Å². The SMILES string of the molecule is Clc1nc(Cl)nc(N2C3CCC2CC3)n1. The number of anilines is 1. The van der Waals surface area contributed by atoms with Crippen molar-refractivity contribution in [1.29, 1.82) is 0 Å². The second kappa shape index (κ2) is 3.46. The lowest BCUT2D eigenvalue weighted by atomic mass is 10.0. The van der Waals surface area contributed by atoms with Crippen LogP contribution < -0.4 is 4.90 Å². The third-order valence-electron chi connectivity index (χ3n) is 3.25. The van der Waals surface area contributed by atoms with E-state index in [1.54, 1.807) is 0 Å². The van der Waals surface area contributed by atoms with Crippen molar-refractivity contribution >= 4 is 29.2 Å². The maximum absolute atomic E-state index is 5.77. The molecule has 0 atom stereocenters. The summed E-state index contributed by atoms with van der Waals surface area (Å²) in [5.41, 5.74) is 0. The van der Waals surface area contributed by atoms with Gasteiger partial charge in [-0.3, -0.25) is 0 Å². The molecule has 6 heteroatoms. The van der Waals surface area contributed by atoms with Crippen LogP contribution in [0.2, 0.25) is 10.6 Å². The Morgan fingerprint density at radius 3 is 1.80 bits per heavy atom. The number of fused-ring (bicyclic) bond motifs is 2. The second-order valence-electron chi connectivity index (χ2n) is 4.04. The molecular formula is C9H10Cl2N4. The van der Waals surface area contributed by atoms with Gasteiger partial charge in [0.25, 0.3) is 0 Å². The summed E-state index contributed by atoms with van der Waals surface area (Å²) in [6, 6.07) is 1.15. The third-order valence-corrected chi connectivity index (χ3v) is 3.59. The molecule has 0 aliphatic carbocycles. The maximum Gasteiger partial charge on any atom is 0.231 e. The first-order chi connectivity index (χ1) is 7.24. The molecule has 3 rings (SSSR count). The fourth-order valence-electron chi connectivity index (χ4n) is 2.67. The molecule has 2 aliphatic heterocycles. The molecule has 2 bridgehead atoms. The number of nitrogens with zero attached hydrogens (tertiary/aromatic N) is 4. The molecule has 0 radical (unpaired) electrons. The van der Waals surface area contributed by atoms with Crippen LogP contribution in [-0.4, -0.2) is 27.0 Å². The standard InChI is InChI=1S/C9H10Cl2N4/c10-7-12-8(11)14-9(13-7)15-5-1-2-6(15)4-3-5/h5-6H,1-4H2. The van der Waals surface area contributed by atoms with E-state index >= 15 is 0 Å². The molecule has 2 fully saturated rings. The third kappa shape index (κ3) is 1.56. The Morgan fingerprint density at radius 1 is 0.867 bits per heavy atom. The van der Waals surface area contributed by atoms with Gasteiger partial charge >= 0.3 is 0 Å². The van der Waals surface area contributed by atoms with Crippen molar-refractivity contribution < 1.29 is 0 Å². The second-order valence-corrected chi connectivity index (χ2v) is 4.72. The number of rotatable bonds is 1. The molecule has 80 valence electrons. The van der Waals surface area contributed by atoms with Crippen molar-refractivity contribution in [3.05, 3.63) is 10.6 Å². The summed E-state index contributed by atoms with van der Waals surface area (Å²) in [5, 5.41) is 0.354. The van der Waals surface area contributed by atoms with Gasteiger partial charge in [0.05, 0.1) is 0 Å². The predicted molar refractivity (Wildman–Crippen MR) is 58.4 cm³/mol. The summed E-state index contributed by atoms with van der Waals surface area (Å²) in [4.78, 5) is 14.3. The van der Waals surface area contributed by atoms with Crippen molar-refractivity contribution in [2.45, 2.75) is 37.8 Å². The number of aromatic nitrogens is 3. The van der Waals surface area contributed by atoms with Gasteiger partial charge in [-0.25, -0.2) is 0 Å². The molecule has 0 spiro atoms. The lowest BCUT2D eigenvalue weighted by Gasteiger charge is -2.21. The van der Waals surface area contributed by atoms with Gasteiger partial charge in [0.15, 0.2) is 0 Å². The zero-order valence-corrected chi connectivity index (χ0v) is 9.54. The Kier molecular flexibility index (Phi) is 2.21. The van der Waals surface area contributed by atoms with Crippen molar-refractivity contribution in [1.82, 2.24) is 15.0 Å². The molecule has 3 heterocycles. The molecule has 1 aromatic rings. The minimum atomic E-state index is 0.177. The van der Waals surface area contributed by atoms with E-state index in [-0.39, 0.29) is 10.6 Å². The van der Waals surface area contributed by atoms with Crippen LogP contribution in [0.15, 0.2) is 0 Å². The van der Waals surface area contributed by atoms with E-state index < -0.39 is 0 Å². The highest BCUT2D eigenvalue weighted by Crippen LogP contribution is 2.39. The molecule has 2 aliphatic rings. The topological polar surface area (TPSA) is 41.9 Å². The first kappa shape index (κ1) is 9.60. The number of halogens is 2. The highest BCUT2D eigenvalue weighted by atomic mass is 35.5. The minimum Gasteiger partial charge on any atom is -0.335 e. The molecule has 0 saturated carbocycles. The van der Waals surface area contributed by atoms with Gasteiger partial charge in [0.2, 0.25) is 16.5 Å². The van der Waals surface area contributed by atoms with Crippen LogP contribution in [0.1, 0.15) is 25.7 Å². The summed E-state index contributed by atoms with van der Waals surface area (Å²) in [5.74, 6) is 0.644. The molecule has 1 aromatic heterocycles. The summed E-state index contributed by atoms with van der Waals surface area (Å²) in [6.45, 7) is 0. The Labute approximate surface area is 97.6 Å². The van der Waals surface area contributed by atoms with Crippen molar-refractivity contribution in [2.24, 2.45) is 0 Å².